The first-order valence-electron chi connectivity index (χ1n) is 35.2. The first kappa shape index (κ1) is 85.1. The summed E-state index contributed by atoms with van der Waals surface area (Å²) in [5, 5.41) is 10.6. The Labute approximate surface area is 530 Å². The highest BCUT2D eigenvalue weighted by molar-refractivity contribution is 7.47. The third-order valence-corrected chi connectivity index (χ3v) is 17.8. The molecule has 0 aromatic heterocycles. The van der Waals surface area contributed by atoms with Gasteiger partial charge in [-0.15, -0.1) is 0 Å². The third kappa shape index (κ3) is 61.3. The minimum atomic E-state index is -4.95. The maximum absolute atomic E-state index is 13.0. The number of aliphatic hydroxyl groups excluding tert-OH is 1. The molecular weight excluding hydrogens is 1150 g/mol. The number of hydrogen-bond acceptors (Lipinski definition) is 15. The second kappa shape index (κ2) is 57.9. The number of phosphoric acid groups is 2. The number of esters is 4. The van der Waals surface area contributed by atoms with Crippen LogP contribution in [0.25, 0.3) is 0 Å². The molecule has 516 valence electrons. The van der Waals surface area contributed by atoms with Crippen LogP contribution in [0.3, 0.4) is 0 Å². The largest absolute Gasteiger partial charge is 0.472 e. The van der Waals surface area contributed by atoms with Crippen LogP contribution >= 0.6 is 15.6 Å². The van der Waals surface area contributed by atoms with Gasteiger partial charge in [-0.2, -0.15) is 0 Å². The van der Waals surface area contributed by atoms with E-state index in [1.807, 2.05) is 0 Å². The maximum Gasteiger partial charge on any atom is 0.472 e. The average Bonchev–Trinajstić information content (AvgIpc) is 3.69. The molecule has 0 aliphatic heterocycles. The van der Waals surface area contributed by atoms with Gasteiger partial charge in [-0.1, -0.05) is 280 Å². The van der Waals surface area contributed by atoms with Crippen molar-refractivity contribution in [3.8, 4) is 0 Å². The van der Waals surface area contributed by atoms with Crippen molar-refractivity contribution >= 4 is 39.5 Å². The molecule has 0 aromatic carbocycles. The predicted octanol–water partition coefficient (Wildman–Crippen LogP) is 18.9. The quantitative estimate of drug-likeness (QED) is 0.0222. The van der Waals surface area contributed by atoms with Gasteiger partial charge in [-0.3, -0.25) is 37.3 Å². The van der Waals surface area contributed by atoms with Crippen molar-refractivity contribution < 1.29 is 80.2 Å². The smallest absolute Gasteiger partial charge is 0.462 e. The van der Waals surface area contributed by atoms with E-state index in [9.17, 15) is 43.2 Å². The number of phosphoric ester groups is 2. The molecule has 0 saturated carbocycles. The second-order valence-corrected chi connectivity index (χ2v) is 29.1. The SMILES string of the molecule is CCC(C)CCCCCCCCCCCCCCCCC(=O)OC[C@H](COP(=O)(O)OCC(O)COP(=O)(O)OC[C@@H](COC(=O)CCCCCCCCCC(C)C)OC(=O)CCCCCCCCC(C)C)OC(=O)CCCCCCCCCC(C)C. The molecule has 4 unspecified atom stereocenters. The molecule has 0 aliphatic rings. The Bertz CT molecular complexity index is 1730. The van der Waals surface area contributed by atoms with E-state index in [2.05, 4.69) is 55.4 Å². The van der Waals surface area contributed by atoms with Gasteiger partial charge >= 0.3 is 39.5 Å². The molecule has 0 radical (unpaired) electrons. The molecule has 87 heavy (non-hydrogen) atoms. The first-order valence-corrected chi connectivity index (χ1v) is 38.2. The molecule has 17 nitrogen and oxygen atoms in total. The minimum absolute atomic E-state index is 0.101. The molecule has 0 aromatic rings. The van der Waals surface area contributed by atoms with Crippen LogP contribution in [0.2, 0.25) is 0 Å². The summed E-state index contributed by atoms with van der Waals surface area (Å²) in [6.07, 6.45) is 39.3. The standard InChI is InChI=1S/C68H132O17P2/c1-9-61(8)47-39-31-22-16-14-12-10-11-13-15-17-23-32-40-48-65(70)78-54-63(84-67(72)50-42-34-25-19-21-29-37-45-59(4)5)56-82-86(74,75)80-52-62(69)53-81-87(76,77)83-57-64(85-68(73)51-43-35-27-26-30-38-46-60(6)7)55-79-66(71)49-41-33-24-18-20-28-36-44-58(2)3/h58-64,69H,9-57H2,1-8H3,(H,74,75)(H,76,77)/t61?,62?,63-,64-/m1/s1. The van der Waals surface area contributed by atoms with Crippen molar-refractivity contribution in [2.45, 2.75) is 350 Å². The van der Waals surface area contributed by atoms with Crippen LogP contribution < -0.4 is 0 Å². The monoisotopic (exact) mass is 1280 g/mol. The Hall–Kier alpha value is -1.94. The molecule has 0 spiro atoms. The Balaban J connectivity index is 5.17. The van der Waals surface area contributed by atoms with Gasteiger partial charge in [-0.25, -0.2) is 9.13 Å². The highest BCUT2D eigenvalue weighted by Crippen LogP contribution is 2.45. The zero-order chi connectivity index (χ0) is 64.7. The molecule has 0 fully saturated rings. The Morgan fingerprint density at radius 2 is 0.552 bits per heavy atom. The lowest BCUT2D eigenvalue weighted by atomic mass is 9.99. The van der Waals surface area contributed by atoms with E-state index in [0.717, 1.165) is 102 Å². The molecule has 0 bridgehead atoms. The van der Waals surface area contributed by atoms with E-state index >= 15 is 0 Å². The van der Waals surface area contributed by atoms with Crippen LogP contribution in [0.15, 0.2) is 0 Å². The van der Waals surface area contributed by atoms with Crippen molar-refractivity contribution in [2.75, 3.05) is 39.6 Å². The van der Waals surface area contributed by atoms with E-state index in [-0.39, 0.29) is 25.7 Å². The predicted molar refractivity (Wildman–Crippen MR) is 349 cm³/mol. The maximum atomic E-state index is 13.0. The molecule has 6 atom stereocenters. The number of carbonyl (C=O) groups excluding carboxylic acids is 4. The fraction of sp³-hybridized carbons (Fsp3) is 0.941. The van der Waals surface area contributed by atoms with E-state index in [4.69, 9.17) is 37.0 Å². The van der Waals surface area contributed by atoms with Crippen LogP contribution in [-0.2, 0) is 65.4 Å². The first-order chi connectivity index (χ1) is 41.6. The minimum Gasteiger partial charge on any atom is -0.462 e. The van der Waals surface area contributed by atoms with Crippen LogP contribution in [0, 0.1) is 23.7 Å². The highest BCUT2D eigenvalue weighted by Gasteiger charge is 2.30. The molecule has 3 N–H and O–H groups in total. The van der Waals surface area contributed by atoms with Gasteiger partial charge in [0.05, 0.1) is 26.4 Å². The van der Waals surface area contributed by atoms with E-state index in [1.54, 1.807) is 0 Å². The van der Waals surface area contributed by atoms with Crippen LogP contribution in [0.5, 0.6) is 0 Å². The number of ether oxygens (including phenoxy) is 4. The molecule has 19 heteroatoms. The van der Waals surface area contributed by atoms with Gasteiger partial charge in [0.1, 0.15) is 19.3 Å². The van der Waals surface area contributed by atoms with Gasteiger partial charge in [0.15, 0.2) is 12.2 Å². The van der Waals surface area contributed by atoms with E-state index < -0.39 is 97.5 Å². The Morgan fingerprint density at radius 3 is 0.816 bits per heavy atom. The van der Waals surface area contributed by atoms with E-state index in [0.29, 0.717) is 43.4 Å². The summed E-state index contributed by atoms with van der Waals surface area (Å²) in [7, 11) is -9.89. The van der Waals surface area contributed by atoms with Crippen LogP contribution in [0.4, 0.5) is 0 Å². The van der Waals surface area contributed by atoms with E-state index in [1.165, 1.54) is 128 Å². The zero-order valence-corrected chi connectivity index (χ0v) is 58.4. The van der Waals surface area contributed by atoms with Crippen molar-refractivity contribution in [1.29, 1.82) is 0 Å². The summed E-state index contributed by atoms with van der Waals surface area (Å²) in [6, 6.07) is 0. The van der Waals surface area contributed by atoms with Gasteiger partial charge in [-0.05, 0) is 49.4 Å². The fourth-order valence-electron chi connectivity index (χ4n) is 10.1. The Kier molecular flexibility index (Phi) is 56.6. The summed E-state index contributed by atoms with van der Waals surface area (Å²) in [5.74, 6) is 0.780. The summed E-state index contributed by atoms with van der Waals surface area (Å²) in [5.41, 5.74) is 0. The third-order valence-electron chi connectivity index (χ3n) is 15.9. The lowest BCUT2D eigenvalue weighted by molar-refractivity contribution is -0.161. The summed E-state index contributed by atoms with van der Waals surface area (Å²) in [4.78, 5) is 72.3. The molecule has 0 amide bonds. The van der Waals surface area contributed by atoms with Crippen molar-refractivity contribution in [3.63, 3.8) is 0 Å². The van der Waals surface area contributed by atoms with Gasteiger partial charge in [0, 0.05) is 25.7 Å². The summed E-state index contributed by atoms with van der Waals surface area (Å²) < 4.78 is 68.1. The van der Waals surface area contributed by atoms with Crippen molar-refractivity contribution in [2.24, 2.45) is 23.7 Å². The topological polar surface area (TPSA) is 237 Å². The van der Waals surface area contributed by atoms with Crippen molar-refractivity contribution in [3.05, 3.63) is 0 Å². The number of hydrogen-bond donors (Lipinski definition) is 3. The lowest BCUT2D eigenvalue weighted by Crippen LogP contribution is -2.30. The summed E-state index contributed by atoms with van der Waals surface area (Å²) >= 11 is 0. The second-order valence-electron chi connectivity index (χ2n) is 26.2. The number of carbonyl (C=O) groups is 4. The molecule has 0 aliphatic carbocycles. The molecule has 0 saturated heterocycles. The van der Waals surface area contributed by atoms with Crippen molar-refractivity contribution in [1.82, 2.24) is 0 Å². The Morgan fingerprint density at radius 1 is 0.322 bits per heavy atom. The zero-order valence-electron chi connectivity index (χ0n) is 56.6. The molecule has 0 heterocycles. The van der Waals surface area contributed by atoms with Gasteiger partial charge in [0.25, 0.3) is 0 Å². The molecule has 0 rings (SSSR count). The van der Waals surface area contributed by atoms with Gasteiger partial charge < -0.3 is 33.8 Å². The van der Waals surface area contributed by atoms with Crippen LogP contribution in [0.1, 0.15) is 331 Å². The normalized spacial score (nSPS) is 14.6. The molecular formula is C68H132O17P2. The number of rotatable bonds is 65. The average molecular weight is 1280 g/mol. The number of aliphatic hydroxyl groups is 1. The highest BCUT2D eigenvalue weighted by atomic mass is 31.2. The van der Waals surface area contributed by atoms with Crippen LogP contribution in [-0.4, -0.2) is 96.7 Å². The summed E-state index contributed by atoms with van der Waals surface area (Å²) in [6.45, 7) is 14.0. The fourth-order valence-corrected chi connectivity index (χ4v) is 11.7. The lowest BCUT2D eigenvalue weighted by Gasteiger charge is -2.21. The number of unbranched alkanes of at least 4 members (excludes halogenated alkanes) is 30. The van der Waals surface area contributed by atoms with Gasteiger partial charge in [0.2, 0.25) is 0 Å².